The predicted octanol–water partition coefficient (Wildman–Crippen LogP) is 9.90. The molecule has 9 rings (SSSR count). The average molecular weight is 1440 g/mol. The fourth-order valence-corrected chi connectivity index (χ4v) is 10.8. The second-order valence-corrected chi connectivity index (χ2v) is 33.1. The lowest BCUT2D eigenvalue weighted by Crippen LogP contribution is -2.36. The largest absolute Gasteiger partial charge is 0.465 e. The van der Waals surface area contributed by atoms with Gasteiger partial charge in [-0.25, -0.2) is 49.5 Å². The highest BCUT2D eigenvalue weighted by molar-refractivity contribution is 6.00. The minimum atomic E-state index is -0.488. The number of imidazole rings is 6. The van der Waals surface area contributed by atoms with Gasteiger partial charge < -0.3 is 74.3 Å². The molecule has 29 nitrogen and oxygen atoms in total. The maximum absolute atomic E-state index is 11.9. The van der Waals surface area contributed by atoms with E-state index in [1.165, 1.54) is 44.2 Å². The third kappa shape index (κ3) is 28.1. The number of nitrogens with zero attached hydrogens (tertiary/aromatic N) is 16. The lowest BCUT2D eigenvalue weighted by atomic mass is 9.88. The summed E-state index contributed by atoms with van der Waals surface area (Å²) in [7, 11) is 12.8. The summed E-state index contributed by atoms with van der Waals surface area (Å²) in [4.78, 5) is 85.3. The molecule has 1 saturated heterocycles. The molecule has 1 unspecified atom stereocenters. The quantitative estimate of drug-likeness (QED) is 0.0340. The van der Waals surface area contributed by atoms with Crippen LogP contribution in [0.25, 0.3) is 0 Å². The molecule has 4 amide bonds. The molecule has 103 heavy (non-hydrogen) atoms. The number of likely N-dealkylation sites (tertiary alicyclic amines) is 1. The zero-order chi connectivity index (χ0) is 78.6. The van der Waals surface area contributed by atoms with Crippen LogP contribution in [0.2, 0.25) is 0 Å². The number of anilines is 2. The van der Waals surface area contributed by atoms with Gasteiger partial charge in [-0.2, -0.15) is 4.99 Å². The molecule has 0 spiro atoms. The zero-order valence-electron chi connectivity index (χ0n) is 67.8. The lowest BCUT2D eigenvalue weighted by Gasteiger charge is -2.20. The molecule has 6 aromatic heterocycles. The van der Waals surface area contributed by atoms with Gasteiger partial charge in [0.05, 0.1) is 45.1 Å². The normalized spacial score (nSPS) is 14.8. The van der Waals surface area contributed by atoms with Crippen molar-refractivity contribution in [2.45, 2.75) is 223 Å². The molecule has 576 valence electrons. The van der Waals surface area contributed by atoms with Crippen molar-refractivity contribution in [1.82, 2.24) is 72.8 Å². The molecule has 1 atom stereocenters. The van der Waals surface area contributed by atoms with E-state index < -0.39 is 11.9 Å². The summed E-state index contributed by atoms with van der Waals surface area (Å²) in [5.41, 5.74) is 17.7. The van der Waals surface area contributed by atoms with Crippen LogP contribution in [0.3, 0.4) is 0 Å². The summed E-state index contributed by atoms with van der Waals surface area (Å²) in [6.07, 6.45) is 19.6. The van der Waals surface area contributed by atoms with Crippen molar-refractivity contribution in [1.29, 1.82) is 0 Å². The number of aryl methyl sites for hydroxylation is 1. The van der Waals surface area contributed by atoms with Gasteiger partial charge in [0.25, 0.3) is 17.8 Å². The molecular formula is C74H128N22O7. The molecule has 0 bridgehead atoms. The monoisotopic (exact) mass is 1440 g/mol. The number of guanidine groups is 1. The summed E-state index contributed by atoms with van der Waals surface area (Å²) >= 11 is 0. The number of rotatable bonds is 12. The Kier molecular flexibility index (Phi) is 32.3. The van der Waals surface area contributed by atoms with E-state index in [1.54, 1.807) is 45.6 Å². The Bertz CT molecular complexity index is 3760. The maximum Gasteiger partial charge on any atom is 0.374 e. The first kappa shape index (κ1) is 88.5. The first-order valence-corrected chi connectivity index (χ1v) is 35.4. The van der Waals surface area contributed by atoms with Crippen LogP contribution in [0.1, 0.15) is 244 Å². The first-order valence-electron chi connectivity index (χ1n) is 35.4. The average Bonchev–Trinajstić information content (AvgIpc) is 1.69. The molecule has 2 fully saturated rings. The van der Waals surface area contributed by atoms with Gasteiger partial charge >= 0.3 is 12.0 Å². The molecule has 29 heteroatoms. The summed E-state index contributed by atoms with van der Waals surface area (Å²) in [6.45, 7) is 50.9. The second kappa shape index (κ2) is 37.6. The highest BCUT2D eigenvalue weighted by Crippen LogP contribution is 2.30. The number of aromatic nitrogens is 12. The molecule has 3 aliphatic rings. The standard InChI is InChI=1S/C15H27N5O.C11H19N3O2.C11H19N3.C10H18N4O.C10H16N2O2.C9H15N3O.C8H14N2/c1-15(2,3)12-11-17-13(19(12)4)18-14(21)16-7-10-20-8-5-6-9-20;1-11(2,3)8-7-13-9(14(8)4)10(16)12-5-6-15;1-11(2,3)9-7-12-10(14(9)4)13-8-5-6-8;1-5-15-8(11)14-9-12-6-7(13-9)10(2,3)4;1-10(2,3)7-6-11-8(12(7)4)9(13)14-5;1-9(2,3)6-5-11-8(7(10)13)12(6)4;1-8(2,3)7-5-9-6-10(7)4/h11H,5-10H2,1-4H3,(H2,16,17,18,21);7,15H,5-6H2,1-4H3,(H,12,16);7-8H,5-6H2,1-4H3,(H,12,13);6-7H,5H2,1-4H3,(H2,11,13,14);6H,1-5H3;5H,1-4H3,(H2,10,13);5-6H,1-4H3. The fourth-order valence-electron chi connectivity index (χ4n) is 10.8. The topological polar surface area (TPSA) is 354 Å². The van der Waals surface area contributed by atoms with Crippen molar-refractivity contribution in [3.05, 3.63) is 95.1 Å². The van der Waals surface area contributed by atoms with E-state index in [4.69, 9.17) is 21.3 Å². The molecule has 1 saturated carbocycles. The third-order valence-corrected chi connectivity index (χ3v) is 16.6. The molecule has 8 heterocycles. The highest BCUT2D eigenvalue weighted by atomic mass is 16.5. The van der Waals surface area contributed by atoms with E-state index in [-0.39, 0.29) is 75.1 Å². The van der Waals surface area contributed by atoms with E-state index in [9.17, 15) is 19.2 Å². The Morgan fingerprint density at radius 1 is 0.573 bits per heavy atom. The molecule has 1 aliphatic carbocycles. The van der Waals surface area contributed by atoms with Crippen molar-refractivity contribution in [3.63, 3.8) is 0 Å². The number of carbonyl (C=O) groups excluding carboxylic acids is 4. The molecule has 0 aromatic carbocycles. The second-order valence-electron chi connectivity index (χ2n) is 33.1. The smallest absolute Gasteiger partial charge is 0.374 e. The number of nitrogens with one attached hydrogen (secondary N) is 4. The number of aliphatic hydroxyl groups excluding tert-OH is 1. The number of ether oxygens (including phenoxy) is 2. The first-order chi connectivity index (χ1) is 47.4. The van der Waals surface area contributed by atoms with Crippen molar-refractivity contribution in [3.8, 4) is 0 Å². The molecule has 9 N–H and O–H groups in total. The minimum absolute atomic E-state index is 0.00785. The number of hydrogen-bond donors (Lipinski definition) is 7. The summed E-state index contributed by atoms with van der Waals surface area (Å²) in [5.74, 6) is 1.87. The summed E-state index contributed by atoms with van der Waals surface area (Å²) in [6, 6.07) is 0.654. The van der Waals surface area contributed by atoms with Crippen molar-refractivity contribution < 1.29 is 33.8 Å². The number of carbonyl (C=O) groups is 4. The van der Waals surface area contributed by atoms with Crippen LogP contribution in [0.4, 0.5) is 16.7 Å². The van der Waals surface area contributed by atoms with Crippen molar-refractivity contribution >= 4 is 53.9 Å². The highest BCUT2D eigenvalue weighted by Gasteiger charge is 2.29. The van der Waals surface area contributed by atoms with Gasteiger partial charge in [-0.05, 0) is 51.1 Å². The lowest BCUT2D eigenvalue weighted by molar-refractivity contribution is 0.0581. The van der Waals surface area contributed by atoms with Gasteiger partial charge in [-0.1, -0.05) is 145 Å². The van der Waals surface area contributed by atoms with Crippen LogP contribution in [0.15, 0.2) is 58.5 Å². The van der Waals surface area contributed by atoms with Gasteiger partial charge in [-0.15, -0.1) is 0 Å². The van der Waals surface area contributed by atoms with Crippen LogP contribution in [0, 0.1) is 5.41 Å². The number of esters is 1. The van der Waals surface area contributed by atoms with Crippen LogP contribution >= 0.6 is 0 Å². The fraction of sp³-hybridized carbons (Fsp3) is 0.662. The maximum atomic E-state index is 11.9. The zero-order valence-corrected chi connectivity index (χ0v) is 67.8. The number of amides is 4. The third-order valence-electron chi connectivity index (χ3n) is 16.6. The van der Waals surface area contributed by atoms with Gasteiger partial charge in [0.2, 0.25) is 23.7 Å². The number of urea groups is 1. The SMILES string of the molecule is CCOC(N)=NC1=NC(C(C)(C)C)C=N1.COC(=O)c1ncc(C(C)(C)C)n1C.Cn1c(C(C)(C)C)cnc1C(=O)NCCO.Cn1c(C(C)(C)C)cnc1C(N)=O.Cn1c(C(C)(C)C)cnc1NC(=O)NCCN1CCCC1.Cn1c(C(C)(C)C)cnc1NC1CC1.Cn1cncc1C(C)(C)C. The number of hydrogen-bond acceptors (Lipinski definition) is 18. The van der Waals surface area contributed by atoms with Crippen LogP contribution in [0.5, 0.6) is 0 Å². The van der Waals surface area contributed by atoms with Gasteiger partial charge in [0.15, 0.2) is 11.6 Å². The Hall–Kier alpha value is -8.73. The summed E-state index contributed by atoms with van der Waals surface area (Å²) in [5, 5.41) is 20.3. The molecular weight excluding hydrogens is 1310 g/mol. The van der Waals surface area contributed by atoms with E-state index in [0.29, 0.717) is 48.6 Å². The van der Waals surface area contributed by atoms with Crippen LogP contribution in [-0.4, -0.2) is 174 Å². The number of aliphatic imine (C=N–C) groups is 3. The number of methoxy groups -OCH3 is 1. The Morgan fingerprint density at radius 2 is 1.01 bits per heavy atom. The van der Waals surface area contributed by atoms with E-state index in [2.05, 4.69) is 237 Å². The molecule has 0 radical (unpaired) electrons. The minimum Gasteiger partial charge on any atom is -0.465 e. The van der Waals surface area contributed by atoms with Gasteiger partial charge in [-0.3, -0.25) is 14.9 Å². The number of amidine groups is 1. The van der Waals surface area contributed by atoms with E-state index in [0.717, 1.165) is 48.4 Å². The Balaban J connectivity index is 0.000000315. The Morgan fingerprint density at radius 3 is 1.39 bits per heavy atom. The van der Waals surface area contributed by atoms with Crippen LogP contribution < -0.4 is 32.7 Å². The Labute approximate surface area is 613 Å². The van der Waals surface area contributed by atoms with Crippen molar-refractivity contribution in [2.75, 3.05) is 63.7 Å². The summed E-state index contributed by atoms with van der Waals surface area (Å²) < 4.78 is 21.1. The van der Waals surface area contributed by atoms with Gasteiger partial charge in [0.1, 0.15) is 0 Å². The molecule has 6 aromatic rings. The van der Waals surface area contributed by atoms with E-state index >= 15 is 0 Å². The molecule has 2 aliphatic heterocycles. The van der Waals surface area contributed by atoms with Gasteiger partial charge in [0, 0.05) is 166 Å². The predicted molar refractivity (Wildman–Crippen MR) is 412 cm³/mol. The number of aliphatic hydroxyl groups is 1. The number of primary amides is 1. The number of nitrogens with two attached hydrogens (primary N) is 2. The van der Waals surface area contributed by atoms with Crippen molar-refractivity contribution in [2.24, 2.45) is 74.1 Å². The van der Waals surface area contributed by atoms with Crippen LogP contribution in [-0.2, 0) is 84.2 Å². The van der Waals surface area contributed by atoms with E-state index in [1.807, 2.05) is 64.6 Å².